The average Bonchev–Trinajstić information content (AvgIpc) is 1.94. The molecule has 0 saturated carbocycles. The number of hydrogen-bond donors (Lipinski definition) is 0. The topological polar surface area (TPSA) is 9.23 Å². The third kappa shape index (κ3) is 12.0. The van der Waals surface area contributed by atoms with Crippen molar-refractivity contribution in [3.63, 3.8) is 0 Å². The second-order valence-electron chi connectivity index (χ2n) is 2.32. The molecular weight excluding hydrogens is 257 g/mol. The van der Waals surface area contributed by atoms with Crippen molar-refractivity contribution in [3.05, 3.63) is 7.43 Å². The second-order valence-corrected chi connectivity index (χ2v) is 2.32. The molecule has 2 heteroatoms. The minimum absolute atomic E-state index is 0. The van der Waals surface area contributed by atoms with E-state index in [-0.39, 0.29) is 76.3 Å². The molecule has 1 rings (SSSR count). The molecule has 11 heavy (non-hydrogen) atoms. The van der Waals surface area contributed by atoms with Gasteiger partial charge in [0.1, 0.15) is 0 Å². The Morgan fingerprint density at radius 2 is 1.82 bits per heavy atom. The van der Waals surface area contributed by atoms with E-state index in [1.807, 2.05) is 13.8 Å². The van der Waals surface area contributed by atoms with Crippen molar-refractivity contribution in [2.75, 3.05) is 13.2 Å². The van der Waals surface area contributed by atoms with Gasteiger partial charge in [-0.2, -0.15) is 0 Å². The maximum Gasteiger partial charge on any atom is 1.00 e. The van der Waals surface area contributed by atoms with Crippen LogP contribution in [-0.4, -0.2) is 13.2 Å². The van der Waals surface area contributed by atoms with Crippen LogP contribution in [0.15, 0.2) is 0 Å². The number of rotatable bonds is 0. The summed E-state index contributed by atoms with van der Waals surface area (Å²) in [5, 5.41) is 0. The van der Waals surface area contributed by atoms with Crippen molar-refractivity contribution in [1.82, 2.24) is 0 Å². The number of hydrogen-bond acceptors (Lipinski definition) is 1. The van der Waals surface area contributed by atoms with Crippen LogP contribution in [0.4, 0.5) is 0 Å². The maximum atomic E-state index is 5.18. The minimum atomic E-state index is 0. The third-order valence-electron chi connectivity index (χ3n) is 1.39. The molecule has 1 saturated heterocycles. The van der Waals surface area contributed by atoms with Gasteiger partial charge < -0.3 is 12.2 Å². The molecule has 1 aliphatic heterocycles. The molecule has 1 nitrogen and oxygen atoms in total. The first kappa shape index (κ1) is 18.7. The predicted octanol–water partition coefficient (Wildman–Crippen LogP) is -0.0866. The van der Waals surface area contributed by atoms with Gasteiger partial charge in [-0.15, -0.1) is 0 Å². The van der Waals surface area contributed by atoms with Gasteiger partial charge in [-0.05, 0) is 18.8 Å². The summed E-state index contributed by atoms with van der Waals surface area (Å²) in [7, 11) is 0. The Bertz CT molecular complexity index is 51.5. The molecular formula is C9H21CsO. The summed E-state index contributed by atoms with van der Waals surface area (Å²) < 4.78 is 5.18. The summed E-state index contributed by atoms with van der Waals surface area (Å²) in [4.78, 5) is 0. The molecule has 0 aliphatic carbocycles. The Morgan fingerprint density at radius 1 is 1.27 bits per heavy atom. The van der Waals surface area contributed by atoms with Gasteiger partial charge in [0.05, 0.1) is 0 Å². The van der Waals surface area contributed by atoms with Gasteiger partial charge in [-0.1, -0.05) is 20.8 Å². The van der Waals surface area contributed by atoms with Crippen LogP contribution in [0.2, 0.25) is 0 Å². The van der Waals surface area contributed by atoms with E-state index < -0.39 is 0 Å². The van der Waals surface area contributed by atoms with E-state index in [0.717, 1.165) is 19.1 Å². The largest absolute Gasteiger partial charge is 1.00 e. The monoisotopic (exact) mass is 278 g/mol. The zero-order valence-corrected chi connectivity index (χ0v) is 15.1. The fourth-order valence-corrected chi connectivity index (χ4v) is 0.902. The van der Waals surface area contributed by atoms with E-state index in [4.69, 9.17) is 4.74 Å². The Morgan fingerprint density at radius 3 is 2.00 bits per heavy atom. The van der Waals surface area contributed by atoms with E-state index in [1.54, 1.807) is 0 Å². The Kier molecular flexibility index (Phi) is 24.7. The minimum Gasteiger partial charge on any atom is -0.381 e. The van der Waals surface area contributed by atoms with Crippen LogP contribution in [0.25, 0.3) is 0 Å². The zero-order chi connectivity index (χ0) is 7.11. The first-order valence-electron chi connectivity index (χ1n) is 3.97. The van der Waals surface area contributed by atoms with Crippen LogP contribution in [0, 0.1) is 13.3 Å². The average molecular weight is 278 g/mol. The Balaban J connectivity index is -0.000000149. The van der Waals surface area contributed by atoms with Gasteiger partial charge >= 0.3 is 68.9 Å². The second kappa shape index (κ2) is 14.5. The van der Waals surface area contributed by atoms with Gasteiger partial charge in [-0.3, -0.25) is 0 Å². The molecule has 1 heterocycles. The normalized spacial score (nSPS) is 21.5. The standard InChI is InChI=1S/C6H12O.C2H6.CH3.Cs/c1-6-3-2-4-7-5-6;1-2;;/h6H,2-5H2,1H3;1-2H3;1H3;/q;;-1;+1. The molecule has 0 N–H and O–H groups in total. The summed E-state index contributed by atoms with van der Waals surface area (Å²) in [5.74, 6) is 0.814. The molecule has 0 radical (unpaired) electrons. The Hall–Kier alpha value is 2.01. The first-order chi connectivity index (χ1) is 4.39. The van der Waals surface area contributed by atoms with E-state index in [0.29, 0.717) is 0 Å². The van der Waals surface area contributed by atoms with Crippen molar-refractivity contribution in [1.29, 1.82) is 0 Å². The van der Waals surface area contributed by atoms with Crippen molar-refractivity contribution in [2.45, 2.75) is 33.6 Å². The van der Waals surface area contributed by atoms with Crippen LogP contribution in [0.1, 0.15) is 33.6 Å². The molecule has 0 amide bonds. The van der Waals surface area contributed by atoms with Crippen LogP contribution >= 0.6 is 0 Å². The van der Waals surface area contributed by atoms with Crippen LogP contribution in [0.3, 0.4) is 0 Å². The SMILES string of the molecule is CC.CC1CCCOC1.[CH3-].[Cs+]. The van der Waals surface area contributed by atoms with Gasteiger partial charge in [0, 0.05) is 13.2 Å². The fourth-order valence-electron chi connectivity index (χ4n) is 0.902. The molecule has 1 aliphatic rings. The summed E-state index contributed by atoms with van der Waals surface area (Å²) in [6.45, 7) is 8.21. The van der Waals surface area contributed by atoms with Gasteiger partial charge in [-0.25, -0.2) is 0 Å². The molecule has 1 fully saturated rings. The van der Waals surface area contributed by atoms with Crippen molar-refractivity contribution in [3.8, 4) is 0 Å². The smallest absolute Gasteiger partial charge is 0.381 e. The molecule has 0 spiro atoms. The van der Waals surface area contributed by atoms with Crippen LogP contribution < -0.4 is 68.9 Å². The van der Waals surface area contributed by atoms with Gasteiger partial charge in [0.2, 0.25) is 0 Å². The van der Waals surface area contributed by atoms with Crippen LogP contribution in [-0.2, 0) is 4.74 Å². The van der Waals surface area contributed by atoms with E-state index >= 15 is 0 Å². The predicted molar refractivity (Wildman–Crippen MR) is 47.0 cm³/mol. The maximum absolute atomic E-state index is 5.18. The van der Waals surface area contributed by atoms with Crippen molar-refractivity contribution >= 4 is 0 Å². The van der Waals surface area contributed by atoms with E-state index in [9.17, 15) is 0 Å². The quantitative estimate of drug-likeness (QED) is 0.563. The van der Waals surface area contributed by atoms with Crippen molar-refractivity contribution < 1.29 is 73.6 Å². The molecule has 0 aromatic rings. The molecule has 0 bridgehead atoms. The summed E-state index contributed by atoms with van der Waals surface area (Å²) >= 11 is 0. The molecule has 64 valence electrons. The first-order valence-corrected chi connectivity index (χ1v) is 3.97. The summed E-state index contributed by atoms with van der Waals surface area (Å²) in [5.41, 5.74) is 0. The zero-order valence-electron chi connectivity index (χ0n) is 8.81. The van der Waals surface area contributed by atoms with Gasteiger partial charge in [0.15, 0.2) is 0 Å². The van der Waals surface area contributed by atoms with Crippen molar-refractivity contribution in [2.24, 2.45) is 5.92 Å². The van der Waals surface area contributed by atoms with Crippen LogP contribution in [0.5, 0.6) is 0 Å². The summed E-state index contributed by atoms with van der Waals surface area (Å²) in [6, 6.07) is 0. The Labute approximate surface area is 131 Å². The number of ether oxygens (including phenoxy) is 1. The fraction of sp³-hybridized carbons (Fsp3) is 0.889. The molecule has 0 aromatic heterocycles. The third-order valence-corrected chi connectivity index (χ3v) is 1.39. The molecule has 0 aromatic carbocycles. The van der Waals surface area contributed by atoms with E-state index in [1.165, 1.54) is 12.8 Å². The van der Waals surface area contributed by atoms with Gasteiger partial charge in [0.25, 0.3) is 0 Å². The van der Waals surface area contributed by atoms with E-state index in [2.05, 4.69) is 6.92 Å². The summed E-state index contributed by atoms with van der Waals surface area (Å²) in [6.07, 6.45) is 2.63. The molecule has 1 atom stereocenters. The molecule has 1 unspecified atom stereocenters.